The van der Waals surface area contributed by atoms with Crippen LogP contribution in [0.15, 0.2) is 16.6 Å². The smallest absolute Gasteiger partial charge is 0.418 e. The molecule has 7 heteroatoms. The van der Waals surface area contributed by atoms with Gasteiger partial charge in [0.1, 0.15) is 5.75 Å². The molecule has 0 fully saturated rings. The van der Waals surface area contributed by atoms with E-state index in [1.54, 1.807) is 0 Å². The van der Waals surface area contributed by atoms with E-state index in [0.717, 1.165) is 12.1 Å². The van der Waals surface area contributed by atoms with Crippen molar-refractivity contribution in [3.8, 4) is 5.75 Å². The maximum Gasteiger partial charge on any atom is 0.418 e. The van der Waals surface area contributed by atoms with Crippen molar-refractivity contribution in [3.63, 3.8) is 0 Å². The monoisotopic (exact) mass is 316 g/mol. The molecule has 0 aliphatic carbocycles. The Morgan fingerprint density at radius 1 is 1.44 bits per heavy atom. The number of carbonyl (C=O) groups excluding carboxylic acids is 1. The van der Waals surface area contributed by atoms with Crippen molar-refractivity contribution in [2.45, 2.75) is 6.18 Å². The lowest BCUT2D eigenvalue weighted by molar-refractivity contribution is -0.138. The summed E-state index contributed by atoms with van der Waals surface area (Å²) in [6, 6.07) is 1.90. The number of Topliss-reactive ketones (excluding diaryl/α,β-unsaturated/α-hetero) is 1. The molecule has 1 rings (SSSR count). The van der Waals surface area contributed by atoms with Crippen LogP contribution in [0.2, 0.25) is 0 Å². The van der Waals surface area contributed by atoms with Gasteiger partial charge in [-0.1, -0.05) is 0 Å². The van der Waals surface area contributed by atoms with Gasteiger partial charge in [-0.3, -0.25) is 4.79 Å². The third-order valence-corrected chi connectivity index (χ3v) is 2.87. The van der Waals surface area contributed by atoms with Gasteiger partial charge in [-0.05, 0) is 28.1 Å². The SMILES string of the molecule is O=C(CCl)c1ccc(O)c(Br)c1C(F)(F)F. The highest BCUT2D eigenvalue weighted by Crippen LogP contribution is 2.41. The Morgan fingerprint density at radius 3 is 2.44 bits per heavy atom. The van der Waals surface area contributed by atoms with Crippen LogP contribution in [0, 0.1) is 0 Å². The molecule has 1 N–H and O–H groups in total. The van der Waals surface area contributed by atoms with Crippen LogP contribution in [0.4, 0.5) is 13.2 Å². The number of ketones is 1. The number of phenolic OH excluding ortho intramolecular Hbond substituents is 1. The number of halogens is 5. The lowest BCUT2D eigenvalue weighted by Crippen LogP contribution is -2.14. The fourth-order valence-electron chi connectivity index (χ4n) is 1.15. The average molecular weight is 317 g/mol. The van der Waals surface area contributed by atoms with E-state index in [4.69, 9.17) is 16.7 Å². The normalized spacial score (nSPS) is 11.6. The summed E-state index contributed by atoms with van der Waals surface area (Å²) in [5.41, 5.74) is -1.77. The summed E-state index contributed by atoms with van der Waals surface area (Å²) in [4.78, 5) is 11.2. The minimum atomic E-state index is -4.74. The zero-order valence-electron chi connectivity index (χ0n) is 7.61. The molecule has 0 aromatic heterocycles. The first-order valence-electron chi connectivity index (χ1n) is 3.97. The first kappa shape index (κ1) is 13.3. The van der Waals surface area contributed by atoms with Crippen LogP contribution in [0.5, 0.6) is 5.75 Å². The van der Waals surface area contributed by atoms with Crippen molar-refractivity contribution >= 4 is 33.3 Å². The topological polar surface area (TPSA) is 37.3 Å². The third kappa shape index (κ3) is 2.49. The van der Waals surface area contributed by atoms with Crippen LogP contribution in [-0.4, -0.2) is 16.8 Å². The van der Waals surface area contributed by atoms with E-state index in [-0.39, 0.29) is 0 Å². The Kier molecular flexibility index (Phi) is 3.85. The minimum Gasteiger partial charge on any atom is -0.507 e. The highest BCUT2D eigenvalue weighted by atomic mass is 79.9. The summed E-state index contributed by atoms with van der Waals surface area (Å²) in [5.74, 6) is -1.99. The summed E-state index contributed by atoms with van der Waals surface area (Å²) >= 11 is 7.81. The van der Waals surface area contributed by atoms with Crippen molar-refractivity contribution in [1.82, 2.24) is 0 Å². The van der Waals surface area contributed by atoms with Gasteiger partial charge in [0.05, 0.1) is 15.9 Å². The lowest BCUT2D eigenvalue weighted by Gasteiger charge is -2.14. The molecule has 1 aromatic carbocycles. The standard InChI is InChI=1S/C9H5BrClF3O2/c10-8-5(15)2-1-4(6(16)3-11)7(8)9(12,13)14/h1-2,15H,3H2. The van der Waals surface area contributed by atoms with E-state index in [1.807, 2.05) is 0 Å². The second-order valence-electron chi connectivity index (χ2n) is 2.88. The maximum atomic E-state index is 12.6. The van der Waals surface area contributed by atoms with Gasteiger partial charge < -0.3 is 5.11 Å². The molecule has 2 nitrogen and oxygen atoms in total. The van der Waals surface area contributed by atoms with Crippen LogP contribution in [0.25, 0.3) is 0 Å². The lowest BCUT2D eigenvalue weighted by atomic mass is 10.0. The van der Waals surface area contributed by atoms with Gasteiger partial charge in [-0.15, -0.1) is 11.6 Å². The van der Waals surface area contributed by atoms with E-state index >= 15 is 0 Å². The number of benzene rings is 1. The average Bonchev–Trinajstić information content (AvgIpc) is 2.18. The molecular formula is C9H5BrClF3O2. The number of hydrogen-bond donors (Lipinski definition) is 1. The second kappa shape index (κ2) is 4.63. The second-order valence-corrected chi connectivity index (χ2v) is 3.94. The molecule has 16 heavy (non-hydrogen) atoms. The van der Waals surface area contributed by atoms with Gasteiger partial charge in [-0.25, -0.2) is 0 Å². The molecule has 0 aliphatic rings. The van der Waals surface area contributed by atoms with E-state index in [1.165, 1.54) is 0 Å². The molecular weight excluding hydrogens is 312 g/mol. The molecule has 0 spiro atoms. The van der Waals surface area contributed by atoms with Gasteiger partial charge in [0.15, 0.2) is 5.78 Å². The third-order valence-electron chi connectivity index (χ3n) is 1.83. The molecule has 0 radical (unpaired) electrons. The summed E-state index contributed by atoms with van der Waals surface area (Å²) in [6.07, 6.45) is -4.74. The predicted molar refractivity (Wildman–Crippen MR) is 55.9 cm³/mol. The van der Waals surface area contributed by atoms with E-state index in [9.17, 15) is 18.0 Å². The van der Waals surface area contributed by atoms with Crippen molar-refractivity contribution < 1.29 is 23.1 Å². The number of hydrogen-bond acceptors (Lipinski definition) is 2. The molecule has 0 atom stereocenters. The molecule has 0 saturated heterocycles. The van der Waals surface area contributed by atoms with E-state index in [0.29, 0.717) is 0 Å². The Labute approximate surface area is 102 Å². The zero-order chi connectivity index (χ0) is 12.5. The van der Waals surface area contributed by atoms with Gasteiger partial charge in [0, 0.05) is 5.56 Å². The zero-order valence-corrected chi connectivity index (χ0v) is 9.95. The van der Waals surface area contributed by atoms with Crippen LogP contribution in [0.3, 0.4) is 0 Å². The molecule has 88 valence electrons. The molecule has 0 saturated carbocycles. The minimum absolute atomic E-state index is 0.555. The molecule has 0 aliphatic heterocycles. The predicted octanol–water partition coefficient (Wildman–Crippen LogP) is 3.60. The van der Waals surface area contributed by atoms with Gasteiger partial charge in [0.25, 0.3) is 0 Å². The Morgan fingerprint density at radius 2 is 2.00 bits per heavy atom. The highest BCUT2D eigenvalue weighted by molar-refractivity contribution is 9.10. The largest absolute Gasteiger partial charge is 0.507 e. The number of alkyl halides is 4. The van der Waals surface area contributed by atoms with Gasteiger partial charge in [0.2, 0.25) is 0 Å². The van der Waals surface area contributed by atoms with Crippen molar-refractivity contribution in [2.75, 3.05) is 5.88 Å². The Balaban J connectivity index is 3.52. The van der Waals surface area contributed by atoms with Gasteiger partial charge in [-0.2, -0.15) is 13.2 Å². The number of aromatic hydroxyl groups is 1. The van der Waals surface area contributed by atoms with E-state index in [2.05, 4.69) is 15.9 Å². The molecule has 0 amide bonds. The van der Waals surface area contributed by atoms with Crippen LogP contribution >= 0.6 is 27.5 Å². The highest BCUT2D eigenvalue weighted by Gasteiger charge is 2.38. The summed E-state index contributed by atoms with van der Waals surface area (Å²) in [6.45, 7) is 0. The van der Waals surface area contributed by atoms with E-state index < -0.39 is 39.2 Å². The summed E-state index contributed by atoms with van der Waals surface area (Å²) in [5, 5.41) is 9.15. The Hall–Kier alpha value is -0.750. The maximum absolute atomic E-state index is 12.6. The molecule has 0 bridgehead atoms. The fourth-order valence-corrected chi connectivity index (χ4v) is 1.86. The molecule has 0 heterocycles. The van der Waals surface area contributed by atoms with Crippen LogP contribution in [0.1, 0.15) is 15.9 Å². The van der Waals surface area contributed by atoms with Crippen LogP contribution in [-0.2, 0) is 6.18 Å². The quantitative estimate of drug-likeness (QED) is 0.668. The van der Waals surface area contributed by atoms with Gasteiger partial charge >= 0.3 is 6.18 Å². The first-order valence-corrected chi connectivity index (χ1v) is 5.29. The van der Waals surface area contributed by atoms with Crippen molar-refractivity contribution in [1.29, 1.82) is 0 Å². The Bertz CT molecular complexity index is 431. The number of carbonyl (C=O) groups is 1. The first-order chi connectivity index (χ1) is 7.29. The number of phenols is 1. The fraction of sp³-hybridized carbons (Fsp3) is 0.222. The molecule has 1 aromatic rings. The summed E-state index contributed by atoms with van der Waals surface area (Å²) in [7, 11) is 0. The summed E-state index contributed by atoms with van der Waals surface area (Å²) < 4.78 is 37.4. The van der Waals surface area contributed by atoms with Crippen molar-refractivity contribution in [2.24, 2.45) is 0 Å². The number of rotatable bonds is 2. The van der Waals surface area contributed by atoms with Crippen molar-refractivity contribution in [3.05, 3.63) is 27.7 Å². The molecule has 0 unspecified atom stereocenters. The van der Waals surface area contributed by atoms with Crippen LogP contribution < -0.4 is 0 Å².